The quantitative estimate of drug-likeness (QED) is 0.493. The Morgan fingerprint density at radius 2 is 1.83 bits per heavy atom. The van der Waals surface area contributed by atoms with Gasteiger partial charge in [-0.3, -0.25) is 14.2 Å². The summed E-state index contributed by atoms with van der Waals surface area (Å²) < 4.78 is 3.59. The second-order valence-corrected chi connectivity index (χ2v) is 7.09. The van der Waals surface area contributed by atoms with Gasteiger partial charge in [0.25, 0.3) is 5.56 Å². The van der Waals surface area contributed by atoms with Gasteiger partial charge in [-0.05, 0) is 37.1 Å². The molecule has 2 aromatic carbocycles. The van der Waals surface area contributed by atoms with E-state index in [-0.39, 0.29) is 17.9 Å². The van der Waals surface area contributed by atoms with Crippen molar-refractivity contribution in [3.05, 3.63) is 71.0 Å². The summed E-state index contributed by atoms with van der Waals surface area (Å²) in [5, 5.41) is 3.50. The first-order valence-electron chi connectivity index (χ1n) is 9.75. The van der Waals surface area contributed by atoms with Crippen LogP contribution < -0.4 is 10.9 Å². The van der Waals surface area contributed by atoms with Gasteiger partial charge in [0.2, 0.25) is 5.91 Å². The zero-order valence-electron chi connectivity index (χ0n) is 16.3. The summed E-state index contributed by atoms with van der Waals surface area (Å²) in [6.45, 7) is 3.61. The third-order valence-corrected chi connectivity index (χ3v) is 5.06. The highest BCUT2D eigenvalue weighted by Gasteiger charge is 2.08. The normalized spacial score (nSPS) is 11.2. The zero-order valence-corrected chi connectivity index (χ0v) is 16.3. The second kappa shape index (κ2) is 8.26. The molecule has 0 radical (unpaired) electrons. The van der Waals surface area contributed by atoms with E-state index in [9.17, 15) is 9.59 Å². The van der Waals surface area contributed by atoms with Crippen LogP contribution in [-0.4, -0.2) is 31.6 Å². The molecule has 7 heteroatoms. The highest BCUT2D eigenvalue weighted by Crippen LogP contribution is 2.12. The van der Waals surface area contributed by atoms with Gasteiger partial charge < -0.3 is 9.88 Å². The second-order valence-electron chi connectivity index (χ2n) is 7.09. The van der Waals surface area contributed by atoms with E-state index in [0.29, 0.717) is 24.0 Å². The average molecular weight is 389 g/mol. The molecule has 0 unspecified atom stereocenters. The van der Waals surface area contributed by atoms with Gasteiger partial charge in [0.1, 0.15) is 0 Å². The lowest BCUT2D eigenvalue weighted by atomic mass is 10.1. The van der Waals surface area contributed by atoms with Crippen molar-refractivity contribution in [2.24, 2.45) is 0 Å². The van der Waals surface area contributed by atoms with Crippen molar-refractivity contribution in [2.75, 3.05) is 6.54 Å². The molecule has 0 aliphatic heterocycles. The average Bonchev–Trinajstić information content (AvgIpc) is 3.14. The van der Waals surface area contributed by atoms with Crippen LogP contribution >= 0.6 is 0 Å². The summed E-state index contributed by atoms with van der Waals surface area (Å²) in [5.74, 6) is -0.0725. The molecular formula is C22H23N5O2. The van der Waals surface area contributed by atoms with E-state index < -0.39 is 0 Å². The van der Waals surface area contributed by atoms with Crippen LogP contribution in [0, 0.1) is 6.92 Å². The Morgan fingerprint density at radius 1 is 1.00 bits per heavy atom. The molecule has 0 bridgehead atoms. The lowest BCUT2D eigenvalue weighted by Crippen LogP contribution is -2.28. The first-order valence-corrected chi connectivity index (χ1v) is 9.75. The third kappa shape index (κ3) is 4.03. The zero-order chi connectivity index (χ0) is 20.2. The molecule has 0 saturated heterocycles. The Hall–Kier alpha value is -3.48. The molecule has 0 atom stereocenters. The van der Waals surface area contributed by atoms with Crippen LogP contribution in [0.3, 0.4) is 0 Å². The monoisotopic (exact) mass is 389 g/mol. The van der Waals surface area contributed by atoms with Gasteiger partial charge in [0.15, 0.2) is 0 Å². The lowest BCUT2D eigenvalue weighted by molar-refractivity contribution is -0.121. The van der Waals surface area contributed by atoms with Gasteiger partial charge in [0.05, 0.1) is 34.6 Å². The number of fused-ring (bicyclic) bond motifs is 2. The highest BCUT2D eigenvalue weighted by atomic mass is 16.1. The van der Waals surface area contributed by atoms with Crippen molar-refractivity contribution >= 4 is 27.8 Å². The molecule has 29 heavy (non-hydrogen) atoms. The van der Waals surface area contributed by atoms with E-state index >= 15 is 0 Å². The molecule has 4 rings (SSSR count). The van der Waals surface area contributed by atoms with Gasteiger partial charge in [-0.2, -0.15) is 0 Å². The van der Waals surface area contributed by atoms with Crippen LogP contribution in [0.15, 0.2) is 59.9 Å². The molecular weight excluding hydrogens is 366 g/mol. The molecule has 0 fully saturated rings. The van der Waals surface area contributed by atoms with Gasteiger partial charge in [-0.25, -0.2) is 9.97 Å². The number of para-hydroxylation sites is 3. The van der Waals surface area contributed by atoms with Crippen molar-refractivity contribution in [3.8, 4) is 0 Å². The first-order chi connectivity index (χ1) is 14.1. The standard InChI is InChI=1S/C22H23N5O2/c1-16-6-4-7-17-21(16)25-15-27(22(17)29)13-10-20(28)23-11-5-12-26-14-24-18-8-2-3-9-19(18)26/h2-4,6-9,14-15H,5,10-13H2,1H3,(H,23,28). The summed E-state index contributed by atoms with van der Waals surface area (Å²) in [6.07, 6.45) is 4.40. The van der Waals surface area contributed by atoms with Crippen molar-refractivity contribution in [1.29, 1.82) is 0 Å². The molecule has 0 saturated carbocycles. The van der Waals surface area contributed by atoms with Crippen molar-refractivity contribution in [1.82, 2.24) is 24.4 Å². The Labute approximate surface area is 168 Å². The third-order valence-electron chi connectivity index (χ3n) is 5.06. The molecule has 0 aliphatic carbocycles. The number of carbonyl (C=O) groups excluding carboxylic acids is 1. The van der Waals surface area contributed by atoms with E-state index in [2.05, 4.69) is 19.9 Å². The molecule has 1 amide bonds. The van der Waals surface area contributed by atoms with Crippen molar-refractivity contribution < 1.29 is 4.79 Å². The van der Waals surface area contributed by atoms with E-state index in [4.69, 9.17) is 0 Å². The number of amides is 1. The molecule has 0 aliphatic rings. The van der Waals surface area contributed by atoms with Crippen LogP contribution in [-0.2, 0) is 17.9 Å². The fraction of sp³-hybridized carbons (Fsp3) is 0.273. The minimum atomic E-state index is -0.113. The molecule has 2 heterocycles. The van der Waals surface area contributed by atoms with E-state index in [0.717, 1.165) is 29.6 Å². The number of carbonyl (C=O) groups is 1. The van der Waals surface area contributed by atoms with E-state index in [1.54, 1.807) is 6.07 Å². The Bertz CT molecular complexity index is 1220. The molecule has 2 aromatic heterocycles. The van der Waals surface area contributed by atoms with Gasteiger partial charge >= 0.3 is 0 Å². The maximum Gasteiger partial charge on any atom is 0.261 e. The number of benzene rings is 2. The summed E-state index contributed by atoms with van der Waals surface area (Å²) >= 11 is 0. The van der Waals surface area contributed by atoms with Crippen molar-refractivity contribution in [3.63, 3.8) is 0 Å². The SMILES string of the molecule is Cc1cccc2c(=O)n(CCC(=O)NCCCn3cnc4ccccc43)cnc12. The van der Waals surface area contributed by atoms with Gasteiger partial charge in [0, 0.05) is 26.1 Å². The number of nitrogens with one attached hydrogen (secondary N) is 1. The number of aromatic nitrogens is 4. The minimum absolute atomic E-state index is 0.0725. The number of imidazole rings is 1. The van der Waals surface area contributed by atoms with Crippen LogP contribution in [0.25, 0.3) is 21.9 Å². The van der Waals surface area contributed by atoms with Crippen LogP contribution in [0.5, 0.6) is 0 Å². The first kappa shape index (κ1) is 18.9. The predicted molar refractivity (Wildman–Crippen MR) is 113 cm³/mol. The highest BCUT2D eigenvalue weighted by molar-refractivity contribution is 5.80. The largest absolute Gasteiger partial charge is 0.356 e. The van der Waals surface area contributed by atoms with Gasteiger partial charge in [-0.1, -0.05) is 24.3 Å². The van der Waals surface area contributed by atoms with E-state index in [1.807, 2.05) is 49.6 Å². The Kier molecular flexibility index (Phi) is 5.37. The number of nitrogens with zero attached hydrogens (tertiary/aromatic N) is 4. The smallest absolute Gasteiger partial charge is 0.261 e. The van der Waals surface area contributed by atoms with E-state index in [1.165, 1.54) is 10.9 Å². The fourth-order valence-corrected chi connectivity index (χ4v) is 3.47. The molecule has 148 valence electrons. The minimum Gasteiger partial charge on any atom is -0.356 e. The van der Waals surface area contributed by atoms with Crippen LogP contribution in [0.4, 0.5) is 0 Å². The fourth-order valence-electron chi connectivity index (χ4n) is 3.47. The van der Waals surface area contributed by atoms with Crippen LogP contribution in [0.2, 0.25) is 0 Å². The summed E-state index contributed by atoms with van der Waals surface area (Å²) in [7, 11) is 0. The van der Waals surface area contributed by atoms with Crippen LogP contribution in [0.1, 0.15) is 18.4 Å². The predicted octanol–water partition coefficient (Wildman–Crippen LogP) is 2.65. The Morgan fingerprint density at radius 3 is 2.72 bits per heavy atom. The Balaban J connectivity index is 1.28. The lowest BCUT2D eigenvalue weighted by Gasteiger charge is -2.09. The number of rotatable bonds is 7. The van der Waals surface area contributed by atoms with Gasteiger partial charge in [-0.15, -0.1) is 0 Å². The topological polar surface area (TPSA) is 81.8 Å². The maximum absolute atomic E-state index is 12.6. The summed E-state index contributed by atoms with van der Waals surface area (Å²) in [6, 6.07) is 13.5. The molecule has 0 spiro atoms. The number of hydrogen-bond donors (Lipinski definition) is 1. The molecule has 7 nitrogen and oxygen atoms in total. The maximum atomic E-state index is 12.6. The summed E-state index contributed by atoms with van der Waals surface area (Å²) in [5.41, 5.74) is 3.64. The summed E-state index contributed by atoms with van der Waals surface area (Å²) in [4.78, 5) is 33.5. The number of hydrogen-bond acceptors (Lipinski definition) is 4. The molecule has 4 aromatic rings. The molecule has 1 N–H and O–H groups in total. The van der Waals surface area contributed by atoms with Crippen molar-refractivity contribution in [2.45, 2.75) is 32.9 Å². The number of aryl methyl sites for hydroxylation is 3.